The maximum Gasteiger partial charge on any atom is 0.256 e. The highest BCUT2D eigenvalue weighted by molar-refractivity contribution is 7.17. The first-order chi connectivity index (χ1) is 14.1. The molecule has 5 nitrogen and oxygen atoms in total. The van der Waals surface area contributed by atoms with Gasteiger partial charge in [0, 0.05) is 35.3 Å². The number of amides is 1. The highest BCUT2D eigenvalue weighted by Gasteiger charge is 2.10. The number of carbonyl (C=O) groups is 1. The molecule has 3 heterocycles. The van der Waals surface area contributed by atoms with Gasteiger partial charge in [0.25, 0.3) is 5.91 Å². The minimum Gasteiger partial charge on any atom is -0.307 e. The van der Waals surface area contributed by atoms with Crippen LogP contribution in [-0.4, -0.2) is 21.9 Å². The van der Waals surface area contributed by atoms with Crippen molar-refractivity contribution < 1.29 is 4.79 Å². The molecule has 0 radical (unpaired) electrons. The zero-order valence-electron chi connectivity index (χ0n) is 16.0. The first-order valence-corrected chi connectivity index (χ1v) is 10.1. The normalized spacial score (nSPS) is 15.6. The largest absolute Gasteiger partial charge is 0.307 e. The van der Waals surface area contributed by atoms with Gasteiger partial charge in [-0.2, -0.15) is 5.10 Å². The van der Waals surface area contributed by atoms with Crippen LogP contribution in [0.3, 0.4) is 0 Å². The molecule has 0 unspecified atom stereocenters. The van der Waals surface area contributed by atoms with Gasteiger partial charge in [-0.05, 0) is 52.6 Å². The van der Waals surface area contributed by atoms with Crippen LogP contribution in [0.15, 0.2) is 89.3 Å². The molecule has 0 spiro atoms. The predicted molar refractivity (Wildman–Crippen MR) is 120 cm³/mol. The van der Waals surface area contributed by atoms with Crippen molar-refractivity contribution in [3.05, 3.63) is 95.4 Å². The lowest BCUT2D eigenvalue weighted by atomic mass is 10.1. The number of hydrogen-bond donors (Lipinski definition) is 1. The van der Waals surface area contributed by atoms with E-state index in [9.17, 15) is 4.79 Å². The molecule has 2 aromatic heterocycles. The number of benzene rings is 1. The molecular formula is C23H20N4OS. The minimum absolute atomic E-state index is 0.151. The number of allylic oxidation sites excluding steroid dienone is 6. The zero-order valence-corrected chi connectivity index (χ0v) is 16.8. The van der Waals surface area contributed by atoms with E-state index in [1.807, 2.05) is 67.3 Å². The van der Waals surface area contributed by atoms with Crippen LogP contribution >= 0.6 is 11.3 Å². The Morgan fingerprint density at radius 1 is 1.31 bits per heavy atom. The van der Waals surface area contributed by atoms with Gasteiger partial charge in [0.15, 0.2) is 0 Å². The molecule has 0 fully saturated rings. The van der Waals surface area contributed by atoms with E-state index in [1.54, 1.807) is 28.3 Å². The number of aromatic nitrogens is 2. The fraction of sp³-hybridized carbons (Fsp3) is 0.0870. The standard InChI is InChI=1S/C23H20N4OS/c1-3-17(20-14-25-27(2)15-20)6-4-16-5-9-22(24-13-16)26-23(28)19-8-7-18-10-11-29-21(18)12-19/h3-4,6-15H,1,5H2,2H3,(H,26,28)/b16-4+,17-6+. The molecule has 1 aliphatic rings. The average Bonchev–Trinajstić information content (AvgIpc) is 3.38. The van der Waals surface area contributed by atoms with Gasteiger partial charge in [0.2, 0.25) is 0 Å². The van der Waals surface area contributed by atoms with Crippen LogP contribution in [0.1, 0.15) is 22.3 Å². The van der Waals surface area contributed by atoms with Gasteiger partial charge < -0.3 is 5.32 Å². The van der Waals surface area contributed by atoms with Crippen molar-refractivity contribution in [2.75, 3.05) is 0 Å². The third kappa shape index (κ3) is 4.33. The second kappa shape index (κ2) is 8.24. The molecule has 4 rings (SSSR count). The van der Waals surface area contributed by atoms with Crippen LogP contribution in [0.25, 0.3) is 15.7 Å². The van der Waals surface area contributed by atoms with Gasteiger partial charge in [-0.25, -0.2) is 4.99 Å². The van der Waals surface area contributed by atoms with Crippen LogP contribution in [-0.2, 0) is 7.05 Å². The van der Waals surface area contributed by atoms with E-state index in [-0.39, 0.29) is 5.91 Å². The Kier molecular flexibility index (Phi) is 5.35. The molecule has 1 N–H and O–H groups in total. The first-order valence-electron chi connectivity index (χ1n) is 9.17. The van der Waals surface area contributed by atoms with Gasteiger partial charge in [0.1, 0.15) is 5.82 Å². The van der Waals surface area contributed by atoms with Crippen molar-refractivity contribution >= 4 is 39.1 Å². The van der Waals surface area contributed by atoms with Crippen molar-refractivity contribution in [2.45, 2.75) is 6.42 Å². The molecule has 0 bridgehead atoms. The van der Waals surface area contributed by atoms with Gasteiger partial charge in [0.05, 0.1) is 6.20 Å². The summed E-state index contributed by atoms with van der Waals surface area (Å²) in [7, 11) is 1.88. The molecule has 0 atom stereocenters. The lowest BCUT2D eigenvalue weighted by Gasteiger charge is -2.10. The van der Waals surface area contributed by atoms with Gasteiger partial charge in [-0.3, -0.25) is 9.48 Å². The van der Waals surface area contributed by atoms with Crippen molar-refractivity contribution in [1.82, 2.24) is 15.1 Å². The third-order valence-corrected chi connectivity index (χ3v) is 5.48. The Balaban J connectivity index is 1.42. The SMILES string of the molecule is C=C/C(=C\C=C1\C=NC(NC(=O)c2ccc3ccsc3c2)=CC1)c1cnn(C)c1. The summed E-state index contributed by atoms with van der Waals surface area (Å²) in [5.41, 5.74) is 3.68. The summed E-state index contributed by atoms with van der Waals surface area (Å²) in [5, 5.41) is 10.2. The van der Waals surface area contributed by atoms with E-state index in [2.05, 4.69) is 22.0 Å². The van der Waals surface area contributed by atoms with E-state index >= 15 is 0 Å². The minimum atomic E-state index is -0.151. The highest BCUT2D eigenvalue weighted by atomic mass is 32.1. The van der Waals surface area contributed by atoms with E-state index in [1.165, 1.54) is 0 Å². The van der Waals surface area contributed by atoms with E-state index < -0.39 is 0 Å². The number of hydrogen-bond acceptors (Lipinski definition) is 4. The predicted octanol–water partition coefficient (Wildman–Crippen LogP) is 4.88. The Bertz CT molecular complexity index is 1210. The van der Waals surface area contributed by atoms with Crippen molar-refractivity contribution in [2.24, 2.45) is 12.0 Å². The summed E-state index contributed by atoms with van der Waals surface area (Å²) in [4.78, 5) is 16.9. The number of rotatable bonds is 5. The number of carbonyl (C=O) groups excluding carboxylic acids is 1. The number of fused-ring (bicyclic) bond motifs is 1. The Hall–Kier alpha value is -3.51. The second-order valence-electron chi connectivity index (χ2n) is 6.65. The molecule has 29 heavy (non-hydrogen) atoms. The Labute approximate surface area is 173 Å². The zero-order chi connectivity index (χ0) is 20.2. The van der Waals surface area contributed by atoms with Crippen LogP contribution < -0.4 is 5.32 Å². The lowest BCUT2D eigenvalue weighted by molar-refractivity contribution is 0.0965. The van der Waals surface area contributed by atoms with Gasteiger partial charge in [-0.1, -0.05) is 30.9 Å². The van der Waals surface area contributed by atoms with Crippen molar-refractivity contribution in [3.8, 4) is 0 Å². The smallest absolute Gasteiger partial charge is 0.256 e. The lowest BCUT2D eigenvalue weighted by Crippen LogP contribution is -2.22. The number of aliphatic imine (C=N–C) groups is 1. The fourth-order valence-corrected chi connectivity index (χ4v) is 3.83. The van der Waals surface area contributed by atoms with Crippen molar-refractivity contribution in [1.29, 1.82) is 0 Å². The molecule has 3 aromatic rings. The molecule has 1 amide bonds. The number of aryl methyl sites for hydroxylation is 1. The molecule has 6 heteroatoms. The fourth-order valence-electron chi connectivity index (χ4n) is 3.00. The van der Waals surface area contributed by atoms with E-state index in [4.69, 9.17) is 0 Å². The maximum absolute atomic E-state index is 12.5. The molecule has 1 aliphatic heterocycles. The van der Waals surface area contributed by atoms with Crippen LogP contribution in [0.2, 0.25) is 0 Å². The molecule has 0 saturated carbocycles. The summed E-state index contributed by atoms with van der Waals surface area (Å²) in [6, 6.07) is 7.76. The molecular weight excluding hydrogens is 380 g/mol. The highest BCUT2D eigenvalue weighted by Crippen LogP contribution is 2.22. The summed E-state index contributed by atoms with van der Waals surface area (Å²) in [5.74, 6) is 0.417. The summed E-state index contributed by atoms with van der Waals surface area (Å²) in [6.45, 7) is 3.87. The molecule has 0 saturated heterocycles. The number of nitrogens with zero attached hydrogens (tertiary/aromatic N) is 3. The van der Waals surface area contributed by atoms with Gasteiger partial charge in [-0.15, -0.1) is 11.3 Å². The monoisotopic (exact) mass is 400 g/mol. The summed E-state index contributed by atoms with van der Waals surface area (Å²) in [6.07, 6.45) is 13.9. The Morgan fingerprint density at radius 2 is 2.21 bits per heavy atom. The number of thiophene rings is 1. The maximum atomic E-state index is 12.5. The van der Waals surface area contributed by atoms with Crippen molar-refractivity contribution in [3.63, 3.8) is 0 Å². The van der Waals surface area contributed by atoms with Crippen LogP contribution in [0.5, 0.6) is 0 Å². The van der Waals surface area contributed by atoms with E-state index in [0.717, 1.165) is 26.8 Å². The number of nitrogens with one attached hydrogen (secondary N) is 1. The third-order valence-electron chi connectivity index (χ3n) is 4.60. The average molecular weight is 401 g/mol. The summed E-state index contributed by atoms with van der Waals surface area (Å²) >= 11 is 1.63. The molecule has 144 valence electrons. The van der Waals surface area contributed by atoms with E-state index in [0.29, 0.717) is 17.8 Å². The first kappa shape index (κ1) is 18.8. The molecule has 1 aromatic carbocycles. The molecule has 0 aliphatic carbocycles. The van der Waals surface area contributed by atoms with Crippen LogP contribution in [0.4, 0.5) is 0 Å². The Morgan fingerprint density at radius 3 is 2.93 bits per heavy atom. The quantitative estimate of drug-likeness (QED) is 0.621. The van der Waals surface area contributed by atoms with Gasteiger partial charge >= 0.3 is 0 Å². The second-order valence-corrected chi connectivity index (χ2v) is 7.60. The summed E-state index contributed by atoms with van der Waals surface area (Å²) < 4.78 is 2.86. The van der Waals surface area contributed by atoms with Crippen LogP contribution in [0, 0.1) is 0 Å². The topological polar surface area (TPSA) is 59.3 Å².